The van der Waals surface area contributed by atoms with E-state index in [-0.39, 0.29) is 0 Å². The van der Waals surface area contributed by atoms with Crippen molar-refractivity contribution in [2.45, 2.75) is 6.92 Å². The molecule has 1 heterocycles. The van der Waals surface area contributed by atoms with Crippen molar-refractivity contribution >= 4 is 11.8 Å². The molecule has 0 saturated carbocycles. The summed E-state index contributed by atoms with van der Waals surface area (Å²) < 4.78 is 0. The lowest BCUT2D eigenvalue weighted by atomic mass is 10.7. The zero-order chi connectivity index (χ0) is 5.11. The Labute approximate surface area is 48.4 Å². The van der Waals surface area contributed by atoms with Crippen LogP contribution in [0, 0.1) is 5.88 Å². The van der Waals surface area contributed by atoms with E-state index in [9.17, 15) is 0 Å². The summed E-state index contributed by atoms with van der Waals surface area (Å²) >= 11 is 1.60. The summed E-state index contributed by atoms with van der Waals surface area (Å²) in [7, 11) is 0. The highest BCUT2D eigenvalue weighted by Crippen LogP contribution is 2.18. The summed E-state index contributed by atoms with van der Waals surface area (Å²) in [6.45, 7) is 3.13. The Morgan fingerprint density at radius 3 is 3.00 bits per heavy atom. The van der Waals surface area contributed by atoms with Crippen LogP contribution in [-0.2, 0) is 0 Å². The number of rotatable bonds is 1. The van der Waals surface area contributed by atoms with Crippen LogP contribution in [0.25, 0.3) is 0 Å². The Bertz CT molecular complexity index is 80.1. The van der Waals surface area contributed by atoms with Crippen molar-refractivity contribution in [3.63, 3.8) is 0 Å². The Balaban J connectivity index is 2.28. The zero-order valence-electron chi connectivity index (χ0n) is 4.22. The molecule has 0 atom stereocenters. The predicted molar refractivity (Wildman–Crippen MR) is 32.4 cm³/mol. The van der Waals surface area contributed by atoms with Crippen LogP contribution in [0.2, 0.25) is 0 Å². The molecular weight excluding hydrogens is 106 g/mol. The molecule has 0 N–H and O–H groups in total. The van der Waals surface area contributed by atoms with Crippen LogP contribution < -0.4 is 0 Å². The van der Waals surface area contributed by atoms with Crippen molar-refractivity contribution in [1.82, 2.24) is 4.90 Å². The fraction of sp³-hybridized carbons (Fsp3) is 0.400. The number of hydrogen-bond donors (Lipinski definition) is 0. The molecule has 0 saturated heterocycles. The standard InChI is InChI=1S/C5H7NS/c1-2-6-3-4-7-5-6/h3-4H,2H2,1H3. The molecule has 2 heteroatoms. The highest BCUT2D eigenvalue weighted by molar-refractivity contribution is 8.04. The van der Waals surface area contributed by atoms with Gasteiger partial charge in [-0.1, -0.05) is 11.8 Å². The third-order valence-electron chi connectivity index (χ3n) is 0.819. The van der Waals surface area contributed by atoms with E-state index in [1.54, 1.807) is 11.8 Å². The molecular formula is C5H7NS. The first kappa shape index (κ1) is 5.04. The van der Waals surface area contributed by atoms with Gasteiger partial charge in [0.15, 0.2) is 5.88 Å². The molecule has 0 amide bonds. The van der Waals surface area contributed by atoms with Gasteiger partial charge in [0.2, 0.25) is 0 Å². The predicted octanol–water partition coefficient (Wildman–Crippen LogP) is 1.52. The normalized spacial score (nSPS) is 18.7. The van der Waals surface area contributed by atoms with Crippen molar-refractivity contribution in [2.75, 3.05) is 6.54 Å². The van der Waals surface area contributed by atoms with E-state index in [0.717, 1.165) is 6.54 Å². The molecule has 0 bridgehead atoms. The number of hydrogen-bond acceptors (Lipinski definition) is 2. The van der Waals surface area contributed by atoms with Crippen LogP contribution in [0.5, 0.6) is 0 Å². The van der Waals surface area contributed by atoms with E-state index in [1.165, 1.54) is 0 Å². The molecule has 1 aliphatic heterocycles. The van der Waals surface area contributed by atoms with E-state index < -0.39 is 0 Å². The summed E-state index contributed by atoms with van der Waals surface area (Å²) in [6, 6.07) is 0. The average molecular weight is 113 g/mol. The van der Waals surface area contributed by atoms with E-state index in [4.69, 9.17) is 0 Å². The molecule has 0 aromatic carbocycles. The Hall–Kier alpha value is -0.110. The Kier molecular flexibility index (Phi) is 1.63. The Morgan fingerprint density at radius 2 is 2.71 bits per heavy atom. The molecule has 38 valence electrons. The second kappa shape index (κ2) is 2.26. The van der Waals surface area contributed by atoms with Gasteiger partial charge in [-0.2, -0.15) is 0 Å². The van der Waals surface area contributed by atoms with Crippen LogP contribution in [-0.4, -0.2) is 11.4 Å². The van der Waals surface area contributed by atoms with Crippen LogP contribution >= 0.6 is 11.8 Å². The lowest BCUT2D eigenvalue weighted by Crippen LogP contribution is -2.06. The highest BCUT2D eigenvalue weighted by Gasteiger charge is 2.00. The van der Waals surface area contributed by atoms with Gasteiger partial charge < -0.3 is 4.90 Å². The summed E-state index contributed by atoms with van der Waals surface area (Å²) in [5, 5.41) is 2.02. The quantitative estimate of drug-likeness (QED) is 0.507. The van der Waals surface area contributed by atoms with Gasteiger partial charge in [0, 0.05) is 12.7 Å². The van der Waals surface area contributed by atoms with Gasteiger partial charge >= 0.3 is 0 Å². The first-order chi connectivity index (χ1) is 3.43. The molecule has 1 rings (SSSR count). The molecule has 7 heavy (non-hydrogen) atoms. The maximum Gasteiger partial charge on any atom is 0.163 e. The summed E-state index contributed by atoms with van der Waals surface area (Å²) in [5.74, 6) is 3.05. The van der Waals surface area contributed by atoms with Crippen molar-refractivity contribution in [2.24, 2.45) is 0 Å². The number of thioether (sulfide) groups is 1. The van der Waals surface area contributed by atoms with E-state index >= 15 is 0 Å². The fourth-order valence-electron chi connectivity index (χ4n) is 0.402. The minimum absolute atomic E-state index is 1.03. The Morgan fingerprint density at radius 1 is 1.86 bits per heavy atom. The second-order valence-electron chi connectivity index (χ2n) is 1.28. The minimum atomic E-state index is 1.03. The van der Waals surface area contributed by atoms with E-state index in [2.05, 4.69) is 12.8 Å². The second-order valence-corrected chi connectivity index (χ2v) is 1.97. The maximum absolute atomic E-state index is 3.05. The topological polar surface area (TPSA) is 3.24 Å². The minimum Gasteiger partial charge on any atom is -0.357 e. The van der Waals surface area contributed by atoms with Gasteiger partial charge in [-0.05, 0) is 12.3 Å². The lowest BCUT2D eigenvalue weighted by Gasteiger charge is -2.06. The monoisotopic (exact) mass is 113 g/mol. The smallest absolute Gasteiger partial charge is 0.163 e. The van der Waals surface area contributed by atoms with E-state index in [0.29, 0.717) is 0 Å². The first-order valence-electron chi connectivity index (χ1n) is 2.28. The van der Waals surface area contributed by atoms with Crippen molar-refractivity contribution in [1.29, 1.82) is 0 Å². The molecule has 2 radical (unpaired) electrons. The van der Waals surface area contributed by atoms with E-state index in [1.807, 2.05) is 16.5 Å². The largest absolute Gasteiger partial charge is 0.357 e. The summed E-state index contributed by atoms with van der Waals surface area (Å²) in [5.41, 5.74) is 0. The van der Waals surface area contributed by atoms with Gasteiger partial charge in [-0.3, -0.25) is 0 Å². The molecule has 0 aliphatic carbocycles. The van der Waals surface area contributed by atoms with Crippen LogP contribution in [0.15, 0.2) is 11.6 Å². The summed E-state index contributed by atoms with van der Waals surface area (Å²) in [6.07, 6.45) is 2.02. The third kappa shape index (κ3) is 1.13. The molecule has 1 aliphatic rings. The van der Waals surface area contributed by atoms with Gasteiger partial charge in [0.25, 0.3) is 0 Å². The molecule has 0 aromatic heterocycles. The third-order valence-corrected chi connectivity index (χ3v) is 1.42. The molecule has 0 unspecified atom stereocenters. The molecule has 0 aromatic rings. The molecule has 1 nitrogen and oxygen atoms in total. The lowest BCUT2D eigenvalue weighted by molar-refractivity contribution is 0.525. The molecule has 0 spiro atoms. The highest BCUT2D eigenvalue weighted by atomic mass is 32.2. The first-order valence-corrected chi connectivity index (χ1v) is 3.16. The van der Waals surface area contributed by atoms with Crippen LogP contribution in [0.3, 0.4) is 0 Å². The van der Waals surface area contributed by atoms with Crippen molar-refractivity contribution < 1.29 is 0 Å². The van der Waals surface area contributed by atoms with Gasteiger partial charge in [-0.15, -0.1) is 0 Å². The summed E-state index contributed by atoms with van der Waals surface area (Å²) in [4.78, 5) is 2.02. The maximum atomic E-state index is 3.05. The van der Waals surface area contributed by atoms with Gasteiger partial charge in [-0.25, -0.2) is 0 Å². The molecule has 0 fully saturated rings. The van der Waals surface area contributed by atoms with Crippen LogP contribution in [0.1, 0.15) is 6.92 Å². The van der Waals surface area contributed by atoms with Crippen LogP contribution in [0.4, 0.5) is 0 Å². The average Bonchev–Trinajstić information content (AvgIpc) is 2.14. The van der Waals surface area contributed by atoms with Gasteiger partial charge in [0.05, 0.1) is 0 Å². The zero-order valence-corrected chi connectivity index (χ0v) is 5.03. The van der Waals surface area contributed by atoms with Crippen molar-refractivity contribution in [3.05, 3.63) is 17.5 Å². The number of nitrogens with zero attached hydrogens (tertiary/aromatic N) is 1. The SMILES string of the molecule is CCN1[C]SC=C1. The fourth-order valence-corrected chi connectivity index (χ4v) is 0.996. The van der Waals surface area contributed by atoms with Crippen molar-refractivity contribution in [3.8, 4) is 0 Å². The van der Waals surface area contributed by atoms with Gasteiger partial charge in [0.1, 0.15) is 0 Å².